The molecule has 0 aromatic heterocycles. The first-order chi connectivity index (χ1) is 9.46. The Balaban J connectivity index is 1.73. The van der Waals surface area contributed by atoms with E-state index in [1.54, 1.807) is 0 Å². The van der Waals surface area contributed by atoms with E-state index < -0.39 is 19.6 Å². The Bertz CT molecular complexity index is 336. The fraction of sp³-hybridized carbons (Fsp3) is 1.00. The van der Waals surface area contributed by atoms with Crippen molar-refractivity contribution in [1.82, 2.24) is 0 Å². The van der Waals surface area contributed by atoms with Crippen molar-refractivity contribution in [2.45, 2.75) is 94.5 Å². The van der Waals surface area contributed by atoms with E-state index in [2.05, 4.69) is 19.6 Å². The van der Waals surface area contributed by atoms with Gasteiger partial charge in [-0.1, -0.05) is 32.5 Å². The Kier molecular flexibility index (Phi) is 4.01. The highest BCUT2D eigenvalue weighted by atomic mass is 28.3. The summed E-state index contributed by atoms with van der Waals surface area (Å²) in [6.45, 7) is 7.13. The fourth-order valence-corrected chi connectivity index (χ4v) is 6.61. The van der Waals surface area contributed by atoms with E-state index in [1.807, 2.05) is 0 Å². The van der Waals surface area contributed by atoms with Crippen LogP contribution in [0.2, 0.25) is 25.2 Å². The van der Waals surface area contributed by atoms with E-state index in [-0.39, 0.29) is 0 Å². The van der Waals surface area contributed by atoms with E-state index in [4.69, 9.17) is 19.6 Å². The lowest BCUT2D eigenvalue weighted by atomic mass is 9.93. The van der Waals surface area contributed by atoms with Gasteiger partial charge in [0, 0.05) is 24.8 Å². The summed E-state index contributed by atoms with van der Waals surface area (Å²) < 4.78 is 0. The molecule has 3 rings (SSSR count). The third-order valence-corrected chi connectivity index (χ3v) is 7.95. The second kappa shape index (κ2) is 5.36. The Morgan fingerprint density at radius 1 is 0.750 bits per heavy atom. The van der Waals surface area contributed by atoms with E-state index in [9.17, 15) is 0 Å². The largest absolute Gasteiger partial charge is 0.234 e. The molecule has 2 spiro atoms. The van der Waals surface area contributed by atoms with Gasteiger partial charge in [0.15, 0.2) is 0 Å². The van der Waals surface area contributed by atoms with Crippen LogP contribution in [-0.2, 0) is 19.6 Å². The predicted octanol–water partition coefficient (Wildman–Crippen LogP) is 4.54. The van der Waals surface area contributed by atoms with Crippen LogP contribution in [0.5, 0.6) is 0 Å². The molecule has 3 aliphatic rings. The quantitative estimate of drug-likeness (QED) is 0.526. The van der Waals surface area contributed by atoms with Gasteiger partial charge in [-0.15, -0.1) is 0 Å². The molecule has 2 saturated carbocycles. The maximum atomic E-state index is 5.93. The molecule has 0 N–H and O–H groups in total. The first-order valence-corrected chi connectivity index (χ1v) is 11.8. The lowest BCUT2D eigenvalue weighted by molar-refractivity contribution is -0.662. The molecule has 0 bridgehead atoms. The van der Waals surface area contributed by atoms with Crippen molar-refractivity contribution in [3.63, 3.8) is 0 Å². The van der Waals surface area contributed by atoms with Crippen LogP contribution in [0.1, 0.15) is 57.8 Å². The maximum absolute atomic E-state index is 5.93. The maximum Gasteiger partial charge on any atom is 0.234 e. The summed E-state index contributed by atoms with van der Waals surface area (Å²) in [5.74, 6) is -1.28. The van der Waals surface area contributed by atoms with Gasteiger partial charge < -0.3 is 0 Å². The van der Waals surface area contributed by atoms with Gasteiger partial charge in [0.2, 0.25) is 11.6 Å². The Hall–Kier alpha value is 0.0569. The summed E-state index contributed by atoms with van der Waals surface area (Å²) in [5.41, 5.74) is 0.435. The molecule has 116 valence electrons. The third kappa shape index (κ3) is 2.71. The second-order valence-corrected chi connectivity index (χ2v) is 13.2. The zero-order valence-electron chi connectivity index (χ0n) is 13.1. The van der Waals surface area contributed by atoms with E-state index in [0.717, 1.165) is 44.9 Å². The average Bonchev–Trinajstić information content (AvgIpc) is 2.43. The van der Waals surface area contributed by atoms with Crippen molar-refractivity contribution in [1.29, 1.82) is 0 Å². The van der Waals surface area contributed by atoms with Gasteiger partial charge in [0.25, 0.3) is 0 Å². The SMILES string of the molecule is C[Si](C)(C)C1CCCCC12OOC1(CCCCC1)OO2. The van der Waals surface area contributed by atoms with Crippen molar-refractivity contribution in [3.05, 3.63) is 0 Å². The zero-order valence-corrected chi connectivity index (χ0v) is 14.1. The molecule has 1 unspecified atom stereocenters. The van der Waals surface area contributed by atoms with Gasteiger partial charge in [0.1, 0.15) is 0 Å². The highest BCUT2D eigenvalue weighted by molar-refractivity contribution is 6.77. The number of hydrogen-bond donors (Lipinski definition) is 0. The molecule has 1 heterocycles. The molecule has 1 saturated heterocycles. The first-order valence-electron chi connectivity index (χ1n) is 8.20. The summed E-state index contributed by atoms with van der Waals surface area (Å²) in [7, 11) is -1.39. The fourth-order valence-electron chi connectivity index (χ4n) is 3.98. The topological polar surface area (TPSA) is 36.9 Å². The smallest absolute Gasteiger partial charge is 0.195 e. The van der Waals surface area contributed by atoms with E-state index in [0.29, 0.717) is 5.54 Å². The predicted molar refractivity (Wildman–Crippen MR) is 78.5 cm³/mol. The molecule has 2 aliphatic carbocycles. The molecular weight excluding hydrogens is 272 g/mol. The first kappa shape index (κ1) is 15.0. The van der Waals surface area contributed by atoms with Gasteiger partial charge in [-0.05, 0) is 25.7 Å². The molecule has 1 atom stereocenters. The Labute approximate surface area is 123 Å². The van der Waals surface area contributed by atoms with Gasteiger partial charge in [-0.3, -0.25) is 0 Å². The number of rotatable bonds is 1. The van der Waals surface area contributed by atoms with Gasteiger partial charge in [-0.2, -0.15) is 19.6 Å². The summed E-state index contributed by atoms with van der Waals surface area (Å²) in [6.07, 6.45) is 9.68. The minimum absolute atomic E-state index is 0.435. The lowest BCUT2D eigenvalue weighted by Crippen LogP contribution is -2.58. The monoisotopic (exact) mass is 300 g/mol. The van der Waals surface area contributed by atoms with Crippen molar-refractivity contribution < 1.29 is 19.6 Å². The van der Waals surface area contributed by atoms with E-state index in [1.165, 1.54) is 12.8 Å². The zero-order chi connectivity index (χ0) is 14.3. The van der Waals surface area contributed by atoms with Crippen LogP contribution in [0.4, 0.5) is 0 Å². The minimum atomic E-state index is -1.39. The molecule has 20 heavy (non-hydrogen) atoms. The van der Waals surface area contributed by atoms with E-state index >= 15 is 0 Å². The summed E-state index contributed by atoms with van der Waals surface area (Å²) in [4.78, 5) is 23.5. The Morgan fingerprint density at radius 2 is 1.35 bits per heavy atom. The highest BCUT2D eigenvalue weighted by Crippen LogP contribution is 2.52. The van der Waals surface area contributed by atoms with Crippen LogP contribution in [0, 0.1) is 0 Å². The van der Waals surface area contributed by atoms with Crippen molar-refractivity contribution in [3.8, 4) is 0 Å². The van der Waals surface area contributed by atoms with Crippen LogP contribution < -0.4 is 0 Å². The van der Waals surface area contributed by atoms with Crippen LogP contribution in [0.3, 0.4) is 0 Å². The molecule has 4 nitrogen and oxygen atoms in total. The van der Waals surface area contributed by atoms with Gasteiger partial charge in [-0.25, -0.2) is 0 Å². The molecule has 0 aromatic rings. The molecule has 0 aromatic carbocycles. The second-order valence-electron chi connectivity index (χ2n) is 7.78. The minimum Gasteiger partial charge on any atom is -0.195 e. The summed E-state index contributed by atoms with van der Waals surface area (Å²) in [5, 5.41) is 0. The van der Waals surface area contributed by atoms with Crippen LogP contribution in [0.25, 0.3) is 0 Å². The molecule has 5 heteroatoms. The Morgan fingerprint density at radius 3 is 1.95 bits per heavy atom. The van der Waals surface area contributed by atoms with Crippen molar-refractivity contribution in [2.75, 3.05) is 0 Å². The van der Waals surface area contributed by atoms with Gasteiger partial charge >= 0.3 is 0 Å². The highest BCUT2D eigenvalue weighted by Gasteiger charge is 2.57. The molecule has 0 amide bonds. The van der Waals surface area contributed by atoms with Crippen molar-refractivity contribution >= 4 is 8.07 Å². The van der Waals surface area contributed by atoms with Crippen molar-refractivity contribution in [2.24, 2.45) is 0 Å². The van der Waals surface area contributed by atoms with Gasteiger partial charge in [0.05, 0.1) is 8.07 Å². The normalized spacial score (nSPS) is 33.5. The van der Waals surface area contributed by atoms with Crippen LogP contribution in [0.15, 0.2) is 0 Å². The third-order valence-electron chi connectivity index (χ3n) is 5.13. The molecular formula is C15H28O4Si. The van der Waals surface area contributed by atoms with Crippen LogP contribution >= 0.6 is 0 Å². The molecule has 1 aliphatic heterocycles. The van der Waals surface area contributed by atoms with Crippen LogP contribution in [-0.4, -0.2) is 19.6 Å². The summed E-state index contributed by atoms with van der Waals surface area (Å²) >= 11 is 0. The average molecular weight is 300 g/mol. The lowest BCUT2D eigenvalue weighted by Gasteiger charge is -2.51. The standard InChI is InChI=1S/C15H28O4Si/c1-20(2,3)13-9-5-8-12-15(13)18-16-14(17-19-15)10-6-4-7-11-14/h13H,4-12H2,1-3H3. The molecule has 3 fully saturated rings. The summed E-state index contributed by atoms with van der Waals surface area (Å²) in [6, 6.07) is 0. The number of hydrogen-bond acceptors (Lipinski definition) is 4. The molecule has 0 radical (unpaired) electrons.